The maximum Gasteiger partial charge on any atom is 0.308 e. The van der Waals surface area contributed by atoms with E-state index in [1.54, 1.807) is 17.9 Å². The molecule has 5 aromatic carbocycles. The molecule has 0 saturated carbocycles. The zero-order chi connectivity index (χ0) is 36.7. The minimum absolute atomic E-state index is 0.0220. The Labute approximate surface area is 312 Å². The van der Waals surface area contributed by atoms with Gasteiger partial charge < -0.3 is 14.4 Å². The first-order valence-electron chi connectivity index (χ1n) is 18.0. The summed E-state index contributed by atoms with van der Waals surface area (Å²) in [6.45, 7) is 9.41. The fraction of sp³-hybridized carbons (Fsp3) is 0.289. The van der Waals surface area contributed by atoms with Crippen LogP contribution in [0.1, 0.15) is 80.0 Å². The Kier molecular flexibility index (Phi) is 11.6. The molecule has 6 rings (SSSR count). The molecule has 52 heavy (non-hydrogen) atoms. The van der Waals surface area contributed by atoms with E-state index in [-0.39, 0.29) is 24.3 Å². The van der Waals surface area contributed by atoms with Crippen molar-refractivity contribution in [1.82, 2.24) is 5.32 Å². The first kappa shape index (κ1) is 37.0. The van der Waals surface area contributed by atoms with Crippen molar-refractivity contribution >= 4 is 29.2 Å². The average molecular weight is 715 g/mol. The van der Waals surface area contributed by atoms with E-state index in [1.165, 1.54) is 0 Å². The number of fused-ring (bicyclic) bond motifs is 1. The summed E-state index contributed by atoms with van der Waals surface area (Å²) in [5.74, 6) is -0.740. The summed E-state index contributed by atoms with van der Waals surface area (Å²) >= 11 is 6.64. The molecular formula is C45H47ClN2O4. The van der Waals surface area contributed by atoms with E-state index in [0.717, 1.165) is 45.5 Å². The largest absolute Gasteiger partial charge is 0.466 e. The van der Waals surface area contributed by atoms with Gasteiger partial charge in [-0.3, -0.25) is 14.9 Å². The topological polar surface area (TPSA) is 67.9 Å². The number of nitrogens with zero attached hydrogens (tertiary/aromatic N) is 1. The van der Waals surface area contributed by atoms with Crippen molar-refractivity contribution in [3.05, 3.63) is 172 Å². The number of hydrogen-bond acceptors (Lipinski definition) is 5. The molecule has 0 aliphatic carbocycles. The van der Waals surface area contributed by atoms with Gasteiger partial charge in [0.1, 0.15) is 12.2 Å². The molecule has 0 fully saturated rings. The smallest absolute Gasteiger partial charge is 0.308 e. The second kappa shape index (κ2) is 16.3. The molecule has 1 heterocycles. The van der Waals surface area contributed by atoms with E-state index in [9.17, 15) is 9.59 Å². The highest BCUT2D eigenvalue weighted by atomic mass is 35.5. The molecule has 1 amide bonds. The van der Waals surface area contributed by atoms with Crippen LogP contribution < -0.4 is 10.2 Å². The van der Waals surface area contributed by atoms with Crippen molar-refractivity contribution in [2.75, 3.05) is 18.1 Å². The van der Waals surface area contributed by atoms with Gasteiger partial charge in [-0.2, -0.15) is 0 Å². The number of hydrogen-bond donors (Lipinski definition) is 1. The third kappa shape index (κ3) is 8.31. The van der Waals surface area contributed by atoms with E-state index >= 15 is 0 Å². The Morgan fingerprint density at radius 1 is 0.808 bits per heavy atom. The van der Waals surface area contributed by atoms with Crippen molar-refractivity contribution in [3.8, 4) is 0 Å². The number of carbonyl (C=O) groups excluding carboxylic acids is 2. The normalized spacial score (nSPS) is 16.2. The Morgan fingerprint density at radius 3 is 1.96 bits per heavy atom. The van der Waals surface area contributed by atoms with Crippen LogP contribution in [0.5, 0.6) is 0 Å². The highest BCUT2D eigenvalue weighted by Crippen LogP contribution is 2.42. The van der Waals surface area contributed by atoms with Crippen LogP contribution in [0, 0.1) is 5.41 Å². The molecule has 0 aromatic heterocycles. The Hall–Kier alpha value is -4.75. The van der Waals surface area contributed by atoms with Gasteiger partial charge in [-0.05, 0) is 64.8 Å². The van der Waals surface area contributed by atoms with Gasteiger partial charge in [0, 0.05) is 29.4 Å². The van der Waals surface area contributed by atoms with Crippen LogP contribution in [0.25, 0.3) is 0 Å². The lowest BCUT2D eigenvalue weighted by Gasteiger charge is -2.37. The number of benzene rings is 5. The van der Waals surface area contributed by atoms with E-state index in [2.05, 4.69) is 111 Å². The number of ether oxygens (including phenoxy) is 2. The van der Waals surface area contributed by atoms with Gasteiger partial charge in [0.15, 0.2) is 0 Å². The van der Waals surface area contributed by atoms with Gasteiger partial charge in [-0.1, -0.05) is 148 Å². The molecule has 1 aliphatic rings. The first-order valence-corrected chi connectivity index (χ1v) is 18.4. The quantitative estimate of drug-likeness (QED) is 0.103. The molecule has 268 valence electrons. The molecule has 6 nitrogen and oxygen atoms in total. The van der Waals surface area contributed by atoms with E-state index in [0.29, 0.717) is 18.1 Å². The van der Waals surface area contributed by atoms with Crippen LogP contribution in [0.4, 0.5) is 5.69 Å². The van der Waals surface area contributed by atoms with Crippen molar-refractivity contribution in [2.45, 2.75) is 64.8 Å². The van der Waals surface area contributed by atoms with Crippen LogP contribution in [0.2, 0.25) is 5.02 Å². The fourth-order valence-electron chi connectivity index (χ4n) is 6.98. The minimum atomic E-state index is -1.04. The number of carbonyl (C=O) groups is 2. The Bertz CT molecular complexity index is 1860. The molecule has 7 heteroatoms. The van der Waals surface area contributed by atoms with Crippen LogP contribution in [0.15, 0.2) is 133 Å². The van der Waals surface area contributed by atoms with Gasteiger partial charge in [-0.25, -0.2) is 0 Å². The van der Waals surface area contributed by atoms with Gasteiger partial charge in [-0.15, -0.1) is 0 Å². The van der Waals surface area contributed by atoms with E-state index in [1.807, 2.05) is 42.5 Å². The molecule has 5 aromatic rings. The summed E-state index contributed by atoms with van der Waals surface area (Å²) in [6, 6.07) is 45.3. The first-order chi connectivity index (χ1) is 25.1. The minimum Gasteiger partial charge on any atom is -0.466 e. The summed E-state index contributed by atoms with van der Waals surface area (Å²) in [5, 5.41) is 4.52. The summed E-state index contributed by atoms with van der Waals surface area (Å²) in [5.41, 5.74) is 6.08. The lowest BCUT2D eigenvalue weighted by molar-refractivity contribution is -0.151. The monoisotopic (exact) mass is 714 g/mol. The highest BCUT2D eigenvalue weighted by molar-refractivity contribution is 6.30. The SMILES string of the molecule is CCOC(=O)CC1OC(c2cccc(CNC(c3ccccc3)(c3ccccc3)c3ccccc3)c2)c2cc(Cl)ccc2N(CCC(C)(C)C)C1=O. The second-order valence-corrected chi connectivity index (χ2v) is 14.9. The lowest BCUT2D eigenvalue weighted by Crippen LogP contribution is -2.44. The molecule has 0 spiro atoms. The fourth-order valence-corrected chi connectivity index (χ4v) is 7.16. The van der Waals surface area contributed by atoms with Crippen LogP contribution in [-0.4, -0.2) is 31.1 Å². The molecule has 1 N–H and O–H groups in total. The number of halogens is 1. The van der Waals surface area contributed by atoms with Gasteiger partial charge >= 0.3 is 5.97 Å². The van der Waals surface area contributed by atoms with Crippen LogP contribution in [0.3, 0.4) is 0 Å². The Morgan fingerprint density at radius 2 is 1.40 bits per heavy atom. The molecule has 0 saturated heterocycles. The number of nitrogens with one attached hydrogen (secondary N) is 1. The lowest BCUT2D eigenvalue weighted by atomic mass is 9.77. The second-order valence-electron chi connectivity index (χ2n) is 14.5. The molecule has 2 unspecified atom stereocenters. The standard InChI is InChI=1S/C45H47ClN2O4/c1-5-51-41(49)30-40-43(50)48(27-26-44(2,3)4)39-25-24-37(46)29-38(39)42(52-40)33-17-15-16-32(28-33)31-47-45(34-18-9-6-10-19-34,35-20-11-7-12-21-35)36-22-13-8-14-23-36/h6-25,28-29,40,42,47H,5,26-27,30-31H2,1-4H3. The van der Waals surface area contributed by atoms with Crippen molar-refractivity contribution < 1.29 is 19.1 Å². The number of anilines is 1. The average Bonchev–Trinajstić information content (AvgIpc) is 3.25. The molecule has 0 bridgehead atoms. The van der Waals surface area contributed by atoms with E-state index in [4.69, 9.17) is 21.1 Å². The van der Waals surface area contributed by atoms with Gasteiger partial charge in [0.05, 0.1) is 18.6 Å². The van der Waals surface area contributed by atoms with Gasteiger partial charge in [0.25, 0.3) is 5.91 Å². The zero-order valence-corrected chi connectivity index (χ0v) is 31.1. The van der Waals surface area contributed by atoms with Crippen LogP contribution in [-0.2, 0) is 31.1 Å². The summed E-state index contributed by atoms with van der Waals surface area (Å²) in [6.07, 6.45) is -1.14. The number of esters is 1. The van der Waals surface area contributed by atoms with Crippen molar-refractivity contribution in [1.29, 1.82) is 0 Å². The number of amides is 1. The van der Waals surface area contributed by atoms with Gasteiger partial charge in [0.2, 0.25) is 0 Å². The molecule has 0 radical (unpaired) electrons. The summed E-state index contributed by atoms with van der Waals surface area (Å²) in [7, 11) is 0. The molecular weight excluding hydrogens is 668 g/mol. The predicted molar refractivity (Wildman–Crippen MR) is 208 cm³/mol. The maximum atomic E-state index is 14.3. The summed E-state index contributed by atoms with van der Waals surface area (Å²) < 4.78 is 12.0. The zero-order valence-electron chi connectivity index (χ0n) is 30.4. The third-order valence-electron chi connectivity index (χ3n) is 9.58. The predicted octanol–water partition coefficient (Wildman–Crippen LogP) is 9.63. The molecule has 1 aliphatic heterocycles. The number of rotatable bonds is 12. The highest BCUT2D eigenvalue weighted by Gasteiger charge is 2.39. The van der Waals surface area contributed by atoms with Crippen molar-refractivity contribution in [2.24, 2.45) is 5.41 Å². The third-order valence-corrected chi connectivity index (χ3v) is 9.81. The summed E-state index contributed by atoms with van der Waals surface area (Å²) in [4.78, 5) is 28.9. The molecule has 2 atom stereocenters. The Balaban J connectivity index is 1.41. The van der Waals surface area contributed by atoms with Crippen molar-refractivity contribution in [3.63, 3.8) is 0 Å². The van der Waals surface area contributed by atoms with E-state index < -0.39 is 23.7 Å². The maximum absolute atomic E-state index is 14.3. The van der Waals surface area contributed by atoms with Crippen LogP contribution >= 0.6 is 11.6 Å².